The number of hydrogen-bond donors (Lipinski definition) is 0. The summed E-state index contributed by atoms with van der Waals surface area (Å²) in [5.41, 5.74) is 2.43. The van der Waals surface area contributed by atoms with E-state index in [0.29, 0.717) is 10.8 Å². The van der Waals surface area contributed by atoms with E-state index < -0.39 is 0 Å². The number of rotatable bonds is 4. The number of furan rings is 1. The first kappa shape index (κ1) is 18.4. The first-order valence-corrected chi connectivity index (χ1v) is 10.9. The lowest BCUT2D eigenvalue weighted by Crippen LogP contribution is -2.63. The summed E-state index contributed by atoms with van der Waals surface area (Å²) in [6.07, 6.45) is 5.81. The van der Waals surface area contributed by atoms with Gasteiger partial charge >= 0.3 is 0 Å². The van der Waals surface area contributed by atoms with Gasteiger partial charge < -0.3 is 9.32 Å². The fourth-order valence-corrected chi connectivity index (χ4v) is 6.34. The summed E-state index contributed by atoms with van der Waals surface area (Å²) < 4.78 is 5.61. The molecule has 0 amide bonds. The van der Waals surface area contributed by atoms with Gasteiger partial charge in [0.1, 0.15) is 5.76 Å². The molecule has 4 nitrogen and oxygen atoms in total. The van der Waals surface area contributed by atoms with Crippen LogP contribution in [0.1, 0.15) is 30.6 Å². The van der Waals surface area contributed by atoms with Crippen molar-refractivity contribution in [1.82, 2.24) is 14.7 Å². The molecule has 1 aromatic carbocycles. The van der Waals surface area contributed by atoms with E-state index in [1.165, 1.54) is 64.1 Å². The minimum Gasteiger partial charge on any atom is -0.468 e. The molecule has 5 rings (SSSR count). The fourth-order valence-electron chi connectivity index (χ4n) is 6.34. The summed E-state index contributed by atoms with van der Waals surface area (Å²) in [6, 6.07) is 15.1. The second-order valence-electron chi connectivity index (χ2n) is 9.57. The summed E-state index contributed by atoms with van der Waals surface area (Å²) in [4.78, 5) is 7.90. The van der Waals surface area contributed by atoms with Crippen LogP contribution in [0.25, 0.3) is 0 Å². The van der Waals surface area contributed by atoms with Crippen molar-refractivity contribution in [3.05, 3.63) is 60.1 Å². The van der Waals surface area contributed by atoms with E-state index in [-0.39, 0.29) is 0 Å². The first-order valence-electron chi connectivity index (χ1n) is 10.9. The van der Waals surface area contributed by atoms with Gasteiger partial charge in [-0.1, -0.05) is 30.3 Å². The molecular formula is C24H33N3O. The number of likely N-dealkylation sites (tertiary alicyclic amines) is 3. The Kier molecular flexibility index (Phi) is 4.82. The Hall–Kier alpha value is -1.62. The predicted octanol–water partition coefficient (Wildman–Crippen LogP) is 3.70. The molecule has 3 fully saturated rings. The topological polar surface area (TPSA) is 22.9 Å². The van der Waals surface area contributed by atoms with Crippen molar-refractivity contribution in [2.24, 2.45) is 10.8 Å². The van der Waals surface area contributed by atoms with Crippen molar-refractivity contribution < 1.29 is 4.42 Å². The maximum absolute atomic E-state index is 5.61. The lowest BCUT2D eigenvalue weighted by molar-refractivity contribution is -0.0637. The van der Waals surface area contributed by atoms with Crippen LogP contribution in [0.2, 0.25) is 0 Å². The van der Waals surface area contributed by atoms with E-state index in [2.05, 4.69) is 58.1 Å². The number of fused-ring (bicyclic) bond motifs is 1. The van der Waals surface area contributed by atoms with E-state index in [0.717, 1.165) is 18.8 Å². The van der Waals surface area contributed by atoms with E-state index in [4.69, 9.17) is 4.42 Å². The number of nitrogens with zero attached hydrogens (tertiary/aromatic N) is 3. The Morgan fingerprint density at radius 1 is 0.821 bits per heavy atom. The van der Waals surface area contributed by atoms with Gasteiger partial charge in [0.25, 0.3) is 0 Å². The molecule has 28 heavy (non-hydrogen) atoms. The van der Waals surface area contributed by atoms with Gasteiger partial charge in [0, 0.05) is 38.1 Å². The van der Waals surface area contributed by atoms with Gasteiger partial charge in [-0.2, -0.15) is 0 Å². The van der Waals surface area contributed by atoms with Gasteiger partial charge in [0.2, 0.25) is 0 Å². The summed E-state index contributed by atoms with van der Waals surface area (Å²) in [7, 11) is 2.29. The van der Waals surface area contributed by atoms with Crippen LogP contribution in [0.4, 0.5) is 0 Å². The molecule has 2 aromatic rings. The van der Waals surface area contributed by atoms with Crippen molar-refractivity contribution >= 4 is 0 Å². The molecule has 2 spiro atoms. The van der Waals surface area contributed by atoms with Gasteiger partial charge in [-0.15, -0.1) is 0 Å². The molecule has 1 atom stereocenters. The summed E-state index contributed by atoms with van der Waals surface area (Å²) in [5.74, 6) is 1.10. The molecule has 0 saturated carbocycles. The number of hydrogen-bond acceptors (Lipinski definition) is 4. The molecule has 1 aromatic heterocycles. The van der Waals surface area contributed by atoms with Gasteiger partial charge in [0.05, 0.1) is 12.8 Å². The smallest absolute Gasteiger partial charge is 0.117 e. The second-order valence-corrected chi connectivity index (χ2v) is 9.57. The third-order valence-corrected chi connectivity index (χ3v) is 7.57. The average molecular weight is 380 g/mol. The normalized spacial score (nSPS) is 28.6. The third kappa shape index (κ3) is 3.32. The van der Waals surface area contributed by atoms with Crippen LogP contribution in [-0.4, -0.2) is 61.0 Å². The molecule has 3 saturated heterocycles. The standard InChI is InChI=1S/C24H33N3O/c1-25-17-24(18-25)20-27(15-21-7-3-2-4-8-21)19-23(24)10-6-12-26(13-11-23)16-22-9-5-14-28-22/h2-5,7-9,14H,6,10-13,15-20H2,1H3/t23-/m1/s1. The van der Waals surface area contributed by atoms with Gasteiger partial charge in [-0.3, -0.25) is 9.80 Å². The van der Waals surface area contributed by atoms with Gasteiger partial charge in [-0.25, -0.2) is 0 Å². The Bertz CT molecular complexity index is 768. The molecule has 150 valence electrons. The van der Waals surface area contributed by atoms with Crippen LogP contribution in [0, 0.1) is 10.8 Å². The van der Waals surface area contributed by atoms with E-state index in [1.54, 1.807) is 6.26 Å². The van der Waals surface area contributed by atoms with Crippen LogP contribution in [0.3, 0.4) is 0 Å². The lowest BCUT2D eigenvalue weighted by Gasteiger charge is -2.56. The SMILES string of the molecule is CN1CC2(C1)CN(Cc1ccccc1)C[C@]21CCCN(Cc2ccco2)CC1. The first-order chi connectivity index (χ1) is 13.7. The zero-order chi connectivity index (χ0) is 19.0. The van der Waals surface area contributed by atoms with E-state index in [1.807, 2.05) is 6.07 Å². The highest BCUT2D eigenvalue weighted by Gasteiger charge is 2.61. The van der Waals surface area contributed by atoms with Crippen molar-refractivity contribution in [1.29, 1.82) is 0 Å². The van der Waals surface area contributed by atoms with Crippen molar-refractivity contribution in [3.8, 4) is 0 Å². The van der Waals surface area contributed by atoms with Crippen molar-refractivity contribution in [3.63, 3.8) is 0 Å². The highest BCUT2D eigenvalue weighted by Crippen LogP contribution is 2.57. The molecule has 3 aliphatic rings. The maximum Gasteiger partial charge on any atom is 0.117 e. The lowest BCUT2D eigenvalue weighted by atomic mass is 9.58. The largest absolute Gasteiger partial charge is 0.468 e. The average Bonchev–Trinajstić information content (AvgIpc) is 3.21. The van der Waals surface area contributed by atoms with Crippen LogP contribution in [-0.2, 0) is 13.1 Å². The summed E-state index contributed by atoms with van der Waals surface area (Å²) in [6.45, 7) is 9.55. The zero-order valence-corrected chi connectivity index (χ0v) is 17.1. The molecule has 0 radical (unpaired) electrons. The van der Waals surface area contributed by atoms with Crippen LogP contribution < -0.4 is 0 Å². The fraction of sp³-hybridized carbons (Fsp3) is 0.583. The Balaban J connectivity index is 1.31. The molecule has 0 bridgehead atoms. The second kappa shape index (κ2) is 7.33. The molecule has 0 N–H and O–H groups in total. The zero-order valence-electron chi connectivity index (χ0n) is 17.1. The van der Waals surface area contributed by atoms with E-state index in [9.17, 15) is 0 Å². The molecular weight excluding hydrogens is 346 g/mol. The van der Waals surface area contributed by atoms with Crippen molar-refractivity contribution in [2.45, 2.75) is 32.4 Å². The minimum absolute atomic E-state index is 0.478. The molecule has 0 unspecified atom stereocenters. The molecule has 0 aliphatic carbocycles. The van der Waals surface area contributed by atoms with Crippen molar-refractivity contribution in [2.75, 3.05) is 46.3 Å². The van der Waals surface area contributed by atoms with Crippen LogP contribution in [0.5, 0.6) is 0 Å². The number of benzene rings is 1. The summed E-state index contributed by atoms with van der Waals surface area (Å²) in [5, 5.41) is 0. The Morgan fingerprint density at radius 3 is 2.39 bits per heavy atom. The maximum atomic E-state index is 5.61. The van der Waals surface area contributed by atoms with Gasteiger partial charge in [0.15, 0.2) is 0 Å². The Labute approximate surface area is 169 Å². The molecule has 4 heterocycles. The highest BCUT2D eigenvalue weighted by atomic mass is 16.3. The molecule has 4 heteroatoms. The van der Waals surface area contributed by atoms with E-state index >= 15 is 0 Å². The quantitative estimate of drug-likeness (QED) is 0.808. The monoisotopic (exact) mass is 379 g/mol. The third-order valence-electron chi connectivity index (χ3n) is 7.57. The van der Waals surface area contributed by atoms with Crippen LogP contribution in [0.15, 0.2) is 53.1 Å². The molecule has 3 aliphatic heterocycles. The summed E-state index contributed by atoms with van der Waals surface area (Å²) >= 11 is 0. The predicted molar refractivity (Wildman–Crippen MR) is 112 cm³/mol. The minimum atomic E-state index is 0.478. The Morgan fingerprint density at radius 2 is 1.64 bits per heavy atom. The van der Waals surface area contributed by atoms with Gasteiger partial charge in [-0.05, 0) is 62.5 Å². The highest BCUT2D eigenvalue weighted by molar-refractivity contribution is 5.18. The van der Waals surface area contributed by atoms with Crippen LogP contribution >= 0.6 is 0 Å².